The quantitative estimate of drug-likeness (QED) is 0.258. The second-order valence-corrected chi connectivity index (χ2v) is 18.5. The molecule has 198 valence electrons. The third-order valence-electron chi connectivity index (χ3n) is 9.12. The predicted molar refractivity (Wildman–Crippen MR) is 162 cm³/mol. The first-order valence-corrected chi connectivity index (χ1v) is 20.8. The summed E-state index contributed by atoms with van der Waals surface area (Å²) < 4.78 is 2.76. The van der Waals surface area contributed by atoms with Crippen LogP contribution < -0.4 is 4.57 Å². The Hall–Kier alpha value is -0.969. The molecule has 0 aromatic heterocycles. The molecular weight excluding hydrogens is 547 g/mol. The molecule has 0 radical (unpaired) electrons. The van der Waals surface area contributed by atoms with E-state index in [1.807, 2.05) is 0 Å². The average Bonchev–Trinajstić information content (AvgIpc) is 3.24. The Bertz CT molecular complexity index is 1080. The molecule has 2 aromatic rings. The zero-order chi connectivity index (χ0) is 25.3. The van der Waals surface area contributed by atoms with Crippen LogP contribution in [-0.2, 0) is 17.0 Å². The summed E-state index contributed by atoms with van der Waals surface area (Å²) in [6.45, 7) is 7.81. The Labute approximate surface area is 242 Å². The fourth-order valence-electron chi connectivity index (χ4n) is 7.93. The van der Waals surface area contributed by atoms with Gasteiger partial charge in [-0.2, -0.15) is 0 Å². The van der Waals surface area contributed by atoms with Crippen LogP contribution in [0.3, 0.4) is 0 Å². The van der Waals surface area contributed by atoms with E-state index in [2.05, 4.69) is 91.3 Å². The molecule has 0 spiro atoms. The zero-order valence-corrected chi connectivity index (χ0v) is 26.7. The predicted octanol–water partition coefficient (Wildman–Crippen LogP) is 11.2. The standard InChI is InChI=1S/C30H37N2Si.CH3.2ClH.Ti/c1-21-20-25-23(22-12-5-4-6-13-22)14-11-15-24(25)30(21)33(2,3)32-28-18-9-7-16-26(28)31-27-17-8-10-19-29(27)32;;;;/h7-11,14-19,21-22,24-25,30H,4-6,12-13,20H2,1-3H3;1H3;2*1H;/q2*-1;;;+2/p-2/t21-,24+,25-,30?;;;;/m1..../s1. The maximum absolute atomic E-state index is 5.03. The van der Waals surface area contributed by atoms with Crippen LogP contribution in [0, 0.1) is 31.1 Å². The van der Waals surface area contributed by atoms with E-state index in [1.165, 1.54) is 49.9 Å². The van der Waals surface area contributed by atoms with Gasteiger partial charge < -0.3 is 17.3 Å². The molecule has 6 rings (SSSR count). The van der Waals surface area contributed by atoms with Crippen molar-refractivity contribution in [3.8, 4) is 0 Å². The molecule has 0 amide bonds. The number of allylic oxidation sites excluding steroid dienone is 4. The van der Waals surface area contributed by atoms with Crippen LogP contribution in [0.1, 0.15) is 45.4 Å². The topological polar surface area (TPSA) is 17.3 Å². The van der Waals surface area contributed by atoms with E-state index in [4.69, 9.17) is 23.9 Å². The van der Waals surface area contributed by atoms with E-state index in [9.17, 15) is 0 Å². The van der Waals surface area contributed by atoms with Gasteiger partial charge in [-0.05, 0) is 60.6 Å². The number of rotatable bonds is 3. The molecular formula is C31H40Cl2N2SiTi-2. The van der Waals surface area contributed by atoms with Gasteiger partial charge in [0.25, 0.3) is 0 Å². The number of nitrogens with zero attached hydrogens (tertiary/aromatic N) is 2. The fraction of sp³-hybridized carbons (Fsp3) is 0.452. The summed E-state index contributed by atoms with van der Waals surface area (Å²) >= 11 is -0.556. The van der Waals surface area contributed by atoms with Gasteiger partial charge in [-0.15, -0.1) is 11.4 Å². The van der Waals surface area contributed by atoms with Crippen molar-refractivity contribution >= 4 is 49.6 Å². The maximum atomic E-state index is 5.03. The van der Waals surface area contributed by atoms with Gasteiger partial charge in [-0.25, -0.2) is 0 Å². The van der Waals surface area contributed by atoms with Gasteiger partial charge in [-0.3, -0.25) is 0 Å². The van der Waals surface area contributed by atoms with Gasteiger partial charge in [0.1, 0.15) is 0 Å². The van der Waals surface area contributed by atoms with Crippen molar-refractivity contribution in [2.75, 3.05) is 4.57 Å². The molecule has 2 saturated carbocycles. The van der Waals surface area contributed by atoms with Gasteiger partial charge in [-0.1, -0.05) is 99.5 Å². The number of para-hydroxylation sites is 4. The first-order chi connectivity index (χ1) is 17.5. The van der Waals surface area contributed by atoms with E-state index in [0.29, 0.717) is 5.92 Å². The van der Waals surface area contributed by atoms with Crippen molar-refractivity contribution in [1.82, 2.24) is 0 Å². The van der Waals surface area contributed by atoms with E-state index in [1.54, 1.807) is 5.57 Å². The summed E-state index contributed by atoms with van der Waals surface area (Å²) in [4.78, 5) is 0. The first kappa shape index (κ1) is 29.0. The molecule has 1 unspecified atom stereocenters. The van der Waals surface area contributed by atoms with Crippen molar-refractivity contribution in [2.24, 2.45) is 23.7 Å². The molecule has 2 aromatic carbocycles. The van der Waals surface area contributed by atoms with Crippen LogP contribution in [0.15, 0.2) is 72.3 Å². The molecule has 2 fully saturated rings. The number of benzene rings is 2. The minimum absolute atomic E-state index is 0. The normalized spacial score (nSPS) is 26.3. The number of hydrogen-bond donors (Lipinski definition) is 0. The molecule has 0 N–H and O–H groups in total. The van der Waals surface area contributed by atoms with Crippen molar-refractivity contribution in [3.63, 3.8) is 0 Å². The van der Waals surface area contributed by atoms with Crippen LogP contribution in [0.2, 0.25) is 18.6 Å². The van der Waals surface area contributed by atoms with Gasteiger partial charge in [0.05, 0.1) is 0 Å². The molecule has 3 aliphatic carbocycles. The summed E-state index contributed by atoms with van der Waals surface area (Å²) in [5.74, 6) is 3.02. The zero-order valence-electron chi connectivity index (χ0n) is 22.6. The fourth-order valence-corrected chi connectivity index (χ4v) is 12.7. The monoisotopic (exact) mass is 586 g/mol. The minimum atomic E-state index is -1.93. The Morgan fingerprint density at radius 1 is 0.919 bits per heavy atom. The van der Waals surface area contributed by atoms with E-state index >= 15 is 0 Å². The van der Waals surface area contributed by atoms with Crippen molar-refractivity contribution < 1.29 is 17.0 Å². The Morgan fingerprint density at radius 3 is 2.08 bits per heavy atom. The molecule has 1 aliphatic heterocycles. The van der Waals surface area contributed by atoms with Crippen LogP contribution in [0.5, 0.6) is 0 Å². The molecule has 0 saturated heterocycles. The van der Waals surface area contributed by atoms with Crippen LogP contribution in [-0.4, -0.2) is 8.24 Å². The third kappa shape index (κ3) is 5.54. The molecule has 4 aliphatic rings. The summed E-state index contributed by atoms with van der Waals surface area (Å²) in [5, 5.41) is 5.03. The van der Waals surface area contributed by atoms with Gasteiger partial charge in [0, 0.05) is 11.4 Å². The molecule has 1 heterocycles. The Morgan fingerprint density at radius 2 is 1.49 bits per heavy atom. The second kappa shape index (κ2) is 12.5. The van der Waals surface area contributed by atoms with E-state index in [-0.39, 0.29) is 7.43 Å². The number of fused-ring (bicyclic) bond motifs is 3. The Balaban J connectivity index is 0.000000765. The van der Waals surface area contributed by atoms with E-state index < -0.39 is 25.3 Å². The average molecular weight is 588 g/mol. The summed E-state index contributed by atoms with van der Waals surface area (Å²) in [6.07, 6.45) is 16.0. The van der Waals surface area contributed by atoms with Crippen LogP contribution >= 0.6 is 18.6 Å². The summed E-state index contributed by atoms with van der Waals surface area (Å²) in [6, 6.07) is 17.6. The summed E-state index contributed by atoms with van der Waals surface area (Å²) in [5.41, 5.74) is 7.40. The van der Waals surface area contributed by atoms with Gasteiger partial charge in [0.2, 0.25) is 0 Å². The van der Waals surface area contributed by atoms with Crippen LogP contribution in [0.4, 0.5) is 22.7 Å². The molecule has 2 nitrogen and oxygen atoms in total. The van der Waals surface area contributed by atoms with Crippen molar-refractivity contribution in [3.05, 3.63) is 85.1 Å². The number of hydrogen-bond acceptors (Lipinski definition) is 1. The molecule has 0 bridgehead atoms. The van der Waals surface area contributed by atoms with E-state index in [0.717, 1.165) is 34.7 Å². The molecule has 6 heteroatoms. The SMILES string of the molecule is C[C@@H]1C[C@@H]2C(C3CCCCC3)=CC=C[C@@H]2C1[Si](C)(C)N1c2ccccc2[N-]c2ccccc21.[CH3-].[Cl][Ti][Cl]. The molecule has 37 heavy (non-hydrogen) atoms. The third-order valence-corrected chi connectivity index (χ3v) is 13.3. The Kier molecular flexibility index (Phi) is 9.78. The summed E-state index contributed by atoms with van der Waals surface area (Å²) in [7, 11) is 7.85. The first-order valence-electron chi connectivity index (χ1n) is 13.5. The second-order valence-electron chi connectivity index (χ2n) is 11.5. The van der Waals surface area contributed by atoms with Crippen molar-refractivity contribution in [1.29, 1.82) is 0 Å². The van der Waals surface area contributed by atoms with Crippen LogP contribution in [0.25, 0.3) is 5.32 Å². The van der Waals surface area contributed by atoms with Gasteiger partial charge >= 0.3 is 35.6 Å². The number of anilines is 2. The molecule has 4 atom stereocenters. The van der Waals surface area contributed by atoms with Gasteiger partial charge in [0.15, 0.2) is 8.24 Å². The number of halogens is 2. The van der Waals surface area contributed by atoms with Crippen molar-refractivity contribution in [2.45, 2.75) is 64.1 Å².